The average Bonchev–Trinajstić information content (AvgIpc) is 3.09. The van der Waals surface area contributed by atoms with Crippen LogP contribution >= 0.6 is 15.9 Å². The zero-order valence-electron chi connectivity index (χ0n) is 15.3. The number of carbonyl (C=O) groups is 3. The zero-order valence-corrected chi connectivity index (χ0v) is 16.9. The van der Waals surface area contributed by atoms with Gasteiger partial charge in [0.15, 0.2) is 0 Å². The van der Waals surface area contributed by atoms with E-state index in [9.17, 15) is 14.4 Å². The van der Waals surface area contributed by atoms with Crippen molar-refractivity contribution >= 4 is 39.3 Å². The molecule has 0 aromatic heterocycles. The zero-order chi connectivity index (χ0) is 20.1. The fraction of sp³-hybridized carbons (Fsp3) is 0.250. The van der Waals surface area contributed by atoms with E-state index in [2.05, 4.69) is 26.8 Å². The van der Waals surface area contributed by atoms with Crippen LogP contribution in [0.4, 0.5) is 5.69 Å². The van der Waals surface area contributed by atoms with Gasteiger partial charge in [0.05, 0.1) is 18.1 Å². The lowest BCUT2D eigenvalue weighted by atomic mass is 10.1. The Bertz CT molecular complexity index is 885. The molecule has 2 aromatic carbocycles. The van der Waals surface area contributed by atoms with Crippen LogP contribution in [-0.4, -0.2) is 30.9 Å². The van der Waals surface area contributed by atoms with Gasteiger partial charge in [-0.15, -0.1) is 0 Å². The molecule has 0 radical (unpaired) electrons. The van der Waals surface area contributed by atoms with Crippen LogP contribution in [0.3, 0.4) is 0 Å². The summed E-state index contributed by atoms with van der Waals surface area (Å²) in [6.45, 7) is 2.72. The summed E-state index contributed by atoms with van der Waals surface area (Å²) in [5.41, 5.74) is 5.92. The number of nitrogens with zero attached hydrogens (tertiary/aromatic N) is 1. The predicted molar refractivity (Wildman–Crippen MR) is 108 cm³/mol. The maximum atomic E-state index is 12.4. The maximum Gasteiger partial charge on any atom is 0.270 e. The predicted octanol–water partition coefficient (Wildman–Crippen LogP) is 2.66. The second kappa shape index (κ2) is 8.88. The van der Waals surface area contributed by atoms with Crippen molar-refractivity contribution in [2.75, 3.05) is 18.1 Å². The van der Waals surface area contributed by atoms with Gasteiger partial charge >= 0.3 is 0 Å². The minimum atomic E-state index is -0.543. The van der Waals surface area contributed by atoms with Crippen molar-refractivity contribution in [3.63, 3.8) is 0 Å². The molecule has 0 aliphatic carbocycles. The molecule has 28 heavy (non-hydrogen) atoms. The fourth-order valence-electron chi connectivity index (χ4n) is 2.95. The molecule has 0 saturated carbocycles. The smallest absolute Gasteiger partial charge is 0.270 e. The topological polar surface area (TPSA) is 87.7 Å². The molecule has 1 aliphatic heterocycles. The van der Waals surface area contributed by atoms with Crippen LogP contribution in [-0.2, 0) is 9.59 Å². The molecule has 1 saturated heterocycles. The van der Waals surface area contributed by atoms with E-state index >= 15 is 0 Å². The summed E-state index contributed by atoms with van der Waals surface area (Å²) in [7, 11) is 0. The van der Waals surface area contributed by atoms with Gasteiger partial charge in [-0.3, -0.25) is 25.2 Å². The quantitative estimate of drug-likeness (QED) is 0.692. The third kappa shape index (κ3) is 4.51. The van der Waals surface area contributed by atoms with E-state index in [0.717, 1.165) is 5.75 Å². The van der Waals surface area contributed by atoms with Crippen molar-refractivity contribution in [2.45, 2.75) is 13.3 Å². The molecule has 1 atom stereocenters. The first kappa shape index (κ1) is 19.9. The van der Waals surface area contributed by atoms with Gasteiger partial charge in [0.1, 0.15) is 5.75 Å². The number of carbonyl (C=O) groups excluding carboxylic acids is 3. The molecule has 3 rings (SSSR count). The second-order valence-corrected chi connectivity index (χ2v) is 7.11. The van der Waals surface area contributed by atoms with Crippen LogP contribution in [0.2, 0.25) is 0 Å². The van der Waals surface area contributed by atoms with E-state index < -0.39 is 17.7 Å². The summed E-state index contributed by atoms with van der Waals surface area (Å²) in [6, 6.07) is 14.1. The molecule has 0 bridgehead atoms. The average molecular weight is 446 g/mol. The van der Waals surface area contributed by atoms with Crippen molar-refractivity contribution in [3.8, 4) is 5.75 Å². The summed E-state index contributed by atoms with van der Waals surface area (Å²) >= 11 is 3.29. The molecule has 2 aromatic rings. The van der Waals surface area contributed by atoms with Gasteiger partial charge in [-0.05, 0) is 59.3 Å². The number of halogens is 1. The summed E-state index contributed by atoms with van der Waals surface area (Å²) in [4.78, 5) is 38.5. The second-order valence-electron chi connectivity index (χ2n) is 6.26. The van der Waals surface area contributed by atoms with Crippen molar-refractivity contribution in [3.05, 3.63) is 58.6 Å². The Morgan fingerprint density at radius 3 is 2.54 bits per heavy atom. The highest BCUT2D eigenvalue weighted by Crippen LogP contribution is 2.27. The number of hydrogen-bond acceptors (Lipinski definition) is 4. The number of rotatable bonds is 5. The monoisotopic (exact) mass is 445 g/mol. The van der Waals surface area contributed by atoms with Crippen LogP contribution in [0.1, 0.15) is 23.7 Å². The van der Waals surface area contributed by atoms with E-state index in [0.29, 0.717) is 22.3 Å². The maximum absolute atomic E-state index is 12.4. The lowest BCUT2D eigenvalue weighted by molar-refractivity contribution is -0.126. The van der Waals surface area contributed by atoms with Crippen LogP contribution in [0, 0.1) is 5.92 Å². The third-order valence-corrected chi connectivity index (χ3v) is 5.06. The summed E-state index contributed by atoms with van der Waals surface area (Å²) in [5.74, 6) is -0.794. The van der Waals surface area contributed by atoms with Gasteiger partial charge in [-0.2, -0.15) is 0 Å². The van der Waals surface area contributed by atoms with Crippen molar-refractivity contribution in [1.29, 1.82) is 0 Å². The van der Waals surface area contributed by atoms with Crippen LogP contribution < -0.4 is 20.5 Å². The van der Waals surface area contributed by atoms with Crippen molar-refractivity contribution in [2.24, 2.45) is 5.92 Å². The van der Waals surface area contributed by atoms with E-state index in [1.54, 1.807) is 53.4 Å². The van der Waals surface area contributed by atoms with Crippen LogP contribution in [0.15, 0.2) is 53.0 Å². The number of nitrogens with one attached hydrogen (secondary N) is 2. The molecular weight excluding hydrogens is 426 g/mol. The molecule has 0 spiro atoms. The Morgan fingerprint density at radius 1 is 1.14 bits per heavy atom. The first-order chi connectivity index (χ1) is 13.5. The Morgan fingerprint density at radius 2 is 1.86 bits per heavy atom. The first-order valence-corrected chi connectivity index (χ1v) is 9.67. The fourth-order valence-corrected chi connectivity index (χ4v) is 3.42. The molecule has 1 heterocycles. The summed E-state index contributed by atoms with van der Waals surface area (Å²) in [5, 5.41) is 0. The minimum absolute atomic E-state index is 0.0872. The van der Waals surface area contributed by atoms with E-state index in [1.165, 1.54) is 0 Å². The summed E-state index contributed by atoms with van der Waals surface area (Å²) < 4.78 is 6.02. The first-order valence-electron chi connectivity index (χ1n) is 8.87. The summed E-state index contributed by atoms with van der Waals surface area (Å²) in [6.07, 6.45) is 0.0872. The van der Waals surface area contributed by atoms with Gasteiger partial charge < -0.3 is 9.64 Å². The van der Waals surface area contributed by atoms with Gasteiger partial charge in [-0.1, -0.05) is 12.1 Å². The van der Waals surface area contributed by atoms with Crippen LogP contribution in [0.25, 0.3) is 0 Å². The minimum Gasteiger partial charge on any atom is -0.494 e. The number of benzene rings is 2. The van der Waals surface area contributed by atoms with E-state index in [1.807, 2.05) is 6.92 Å². The van der Waals surface area contributed by atoms with Crippen molar-refractivity contribution in [1.82, 2.24) is 10.9 Å². The molecular formula is C20H20BrN3O4. The van der Waals surface area contributed by atoms with Gasteiger partial charge in [0.2, 0.25) is 11.8 Å². The van der Waals surface area contributed by atoms with Gasteiger partial charge in [0.25, 0.3) is 5.91 Å². The Balaban J connectivity index is 1.57. The SMILES string of the molecule is CCOc1ccc(N2C[C@H](C(=O)NNC(=O)c3ccccc3Br)CC2=O)cc1. The van der Waals surface area contributed by atoms with E-state index in [4.69, 9.17) is 4.74 Å². The molecule has 146 valence electrons. The Hall–Kier alpha value is -2.87. The largest absolute Gasteiger partial charge is 0.494 e. The molecule has 7 nitrogen and oxygen atoms in total. The molecule has 3 amide bonds. The van der Waals surface area contributed by atoms with Crippen LogP contribution in [0.5, 0.6) is 5.75 Å². The molecule has 0 unspecified atom stereocenters. The highest BCUT2D eigenvalue weighted by Gasteiger charge is 2.35. The van der Waals surface area contributed by atoms with Gasteiger partial charge in [-0.25, -0.2) is 0 Å². The number of amides is 3. The highest BCUT2D eigenvalue weighted by atomic mass is 79.9. The lowest BCUT2D eigenvalue weighted by Crippen LogP contribution is -2.45. The normalized spacial score (nSPS) is 16.0. The molecule has 1 aliphatic rings. The number of hydrazine groups is 1. The standard InChI is InChI=1S/C20H20BrN3O4/c1-2-28-15-9-7-14(8-10-15)24-12-13(11-18(24)25)19(26)22-23-20(27)16-5-3-4-6-17(16)21/h3-10,13H,2,11-12H2,1H3,(H,22,26)(H,23,27)/t13-/m1/s1. The third-order valence-electron chi connectivity index (χ3n) is 4.37. The number of ether oxygens (including phenoxy) is 1. The number of anilines is 1. The van der Waals surface area contributed by atoms with Crippen molar-refractivity contribution < 1.29 is 19.1 Å². The Kier molecular flexibility index (Phi) is 6.30. The molecule has 2 N–H and O–H groups in total. The Labute approximate surface area is 171 Å². The number of hydrogen-bond donors (Lipinski definition) is 2. The van der Waals surface area contributed by atoms with Gasteiger partial charge in [0, 0.05) is 23.1 Å². The highest BCUT2D eigenvalue weighted by molar-refractivity contribution is 9.10. The molecule has 8 heteroatoms. The van der Waals surface area contributed by atoms with E-state index in [-0.39, 0.29) is 18.9 Å². The lowest BCUT2D eigenvalue weighted by Gasteiger charge is -2.17. The molecule has 1 fully saturated rings.